The number of ether oxygens (including phenoxy) is 3. The van der Waals surface area contributed by atoms with E-state index in [1.54, 1.807) is 14.2 Å². The van der Waals surface area contributed by atoms with Crippen LogP contribution in [0, 0.1) is 6.92 Å². The third kappa shape index (κ3) is 3.77. The highest BCUT2D eigenvalue weighted by Crippen LogP contribution is 2.35. The Morgan fingerprint density at radius 3 is 2.11 bits per heavy atom. The number of nitrogens with zero attached hydrogens (tertiary/aromatic N) is 1. The van der Waals surface area contributed by atoms with E-state index in [-0.39, 0.29) is 0 Å². The molecule has 4 heteroatoms. The zero-order chi connectivity index (χ0) is 14.3. The van der Waals surface area contributed by atoms with Crippen molar-refractivity contribution in [3.63, 3.8) is 0 Å². The Hall–Kier alpha value is -1.42. The average molecular weight is 267 g/mol. The van der Waals surface area contributed by atoms with E-state index in [0.717, 1.165) is 49.1 Å². The lowest BCUT2D eigenvalue weighted by atomic mass is 10.1. The predicted octanol–water partition coefficient (Wildman–Crippen LogP) is 2.88. The Balaban J connectivity index is 0.000000861. The summed E-state index contributed by atoms with van der Waals surface area (Å²) in [5, 5.41) is 0. The van der Waals surface area contributed by atoms with Gasteiger partial charge in [0.05, 0.1) is 33.1 Å². The standard InChI is InChI=1S/C13H19NO3.C2H6/c1-10-8-13(16-3)11(9-12(10)15-2)14-4-6-17-7-5-14;1-2/h8-9H,4-7H2,1-3H3;1-2H3. The van der Waals surface area contributed by atoms with Gasteiger partial charge in [-0.1, -0.05) is 13.8 Å². The second-order valence-corrected chi connectivity index (χ2v) is 4.09. The van der Waals surface area contributed by atoms with E-state index in [2.05, 4.69) is 4.90 Å². The van der Waals surface area contributed by atoms with Crippen molar-refractivity contribution < 1.29 is 14.2 Å². The Bertz CT molecular complexity index is 387. The van der Waals surface area contributed by atoms with Crippen molar-refractivity contribution in [1.82, 2.24) is 0 Å². The minimum Gasteiger partial charge on any atom is -0.496 e. The fraction of sp³-hybridized carbons (Fsp3) is 0.600. The summed E-state index contributed by atoms with van der Waals surface area (Å²) in [6.45, 7) is 9.33. The van der Waals surface area contributed by atoms with Gasteiger partial charge in [-0.25, -0.2) is 0 Å². The van der Waals surface area contributed by atoms with E-state index in [9.17, 15) is 0 Å². The van der Waals surface area contributed by atoms with Crippen LogP contribution in [0.15, 0.2) is 12.1 Å². The van der Waals surface area contributed by atoms with Crippen LogP contribution in [-0.2, 0) is 4.74 Å². The fourth-order valence-corrected chi connectivity index (χ4v) is 2.09. The summed E-state index contributed by atoms with van der Waals surface area (Å²) < 4.78 is 16.2. The molecule has 0 atom stereocenters. The molecule has 4 nitrogen and oxygen atoms in total. The van der Waals surface area contributed by atoms with Crippen LogP contribution in [0.2, 0.25) is 0 Å². The molecular weight excluding hydrogens is 242 g/mol. The number of anilines is 1. The fourth-order valence-electron chi connectivity index (χ4n) is 2.09. The third-order valence-corrected chi connectivity index (χ3v) is 3.05. The van der Waals surface area contributed by atoms with E-state index in [4.69, 9.17) is 14.2 Å². The Kier molecular flexibility index (Phi) is 6.50. The van der Waals surface area contributed by atoms with Crippen molar-refractivity contribution in [2.45, 2.75) is 20.8 Å². The third-order valence-electron chi connectivity index (χ3n) is 3.05. The van der Waals surface area contributed by atoms with Crippen molar-refractivity contribution in [1.29, 1.82) is 0 Å². The summed E-state index contributed by atoms with van der Waals surface area (Å²) in [6.07, 6.45) is 0. The minimum atomic E-state index is 0.763. The molecule has 0 aliphatic carbocycles. The van der Waals surface area contributed by atoms with Crippen LogP contribution in [-0.4, -0.2) is 40.5 Å². The molecule has 0 aromatic heterocycles. The molecule has 1 saturated heterocycles. The molecule has 0 saturated carbocycles. The maximum Gasteiger partial charge on any atom is 0.142 e. The van der Waals surface area contributed by atoms with Crippen molar-refractivity contribution in [2.24, 2.45) is 0 Å². The Morgan fingerprint density at radius 1 is 1.00 bits per heavy atom. The smallest absolute Gasteiger partial charge is 0.142 e. The molecule has 1 aliphatic heterocycles. The van der Waals surface area contributed by atoms with E-state index in [1.165, 1.54) is 0 Å². The highest BCUT2D eigenvalue weighted by Gasteiger charge is 2.17. The second-order valence-electron chi connectivity index (χ2n) is 4.09. The molecule has 2 rings (SSSR count). The molecular formula is C15H25NO3. The van der Waals surface area contributed by atoms with Gasteiger partial charge in [0.15, 0.2) is 0 Å². The van der Waals surface area contributed by atoms with Gasteiger partial charge in [0.2, 0.25) is 0 Å². The molecule has 1 heterocycles. The quantitative estimate of drug-likeness (QED) is 0.842. The number of benzene rings is 1. The van der Waals surface area contributed by atoms with Crippen LogP contribution in [0.25, 0.3) is 0 Å². The maximum atomic E-state index is 5.44. The molecule has 19 heavy (non-hydrogen) atoms. The molecule has 108 valence electrons. The number of morpholine rings is 1. The molecule has 1 fully saturated rings. The lowest BCUT2D eigenvalue weighted by Crippen LogP contribution is -2.36. The van der Waals surface area contributed by atoms with Crippen LogP contribution in [0.5, 0.6) is 11.5 Å². The topological polar surface area (TPSA) is 30.9 Å². The highest BCUT2D eigenvalue weighted by atomic mass is 16.5. The summed E-state index contributed by atoms with van der Waals surface area (Å²) in [4.78, 5) is 2.27. The first-order chi connectivity index (χ1) is 9.26. The first-order valence-electron chi connectivity index (χ1n) is 6.81. The molecule has 0 amide bonds. The summed E-state index contributed by atoms with van der Waals surface area (Å²) in [7, 11) is 3.39. The zero-order valence-corrected chi connectivity index (χ0v) is 12.7. The highest BCUT2D eigenvalue weighted by molar-refractivity contribution is 5.64. The second kappa shape index (κ2) is 7.89. The lowest BCUT2D eigenvalue weighted by molar-refractivity contribution is 0.122. The SMILES string of the molecule is CC.COc1cc(N2CCOCC2)c(OC)cc1C. The van der Waals surface area contributed by atoms with E-state index < -0.39 is 0 Å². The largest absolute Gasteiger partial charge is 0.496 e. The van der Waals surface area contributed by atoms with Gasteiger partial charge in [0.25, 0.3) is 0 Å². The van der Waals surface area contributed by atoms with Crippen molar-refractivity contribution in [3.05, 3.63) is 17.7 Å². The Morgan fingerprint density at radius 2 is 1.58 bits per heavy atom. The van der Waals surface area contributed by atoms with Crippen LogP contribution in [0.1, 0.15) is 19.4 Å². The molecule has 0 N–H and O–H groups in total. The van der Waals surface area contributed by atoms with Gasteiger partial charge >= 0.3 is 0 Å². The molecule has 1 aromatic rings. The molecule has 0 unspecified atom stereocenters. The summed E-state index contributed by atoms with van der Waals surface area (Å²) in [6, 6.07) is 4.06. The molecule has 0 bridgehead atoms. The number of methoxy groups -OCH3 is 2. The first-order valence-corrected chi connectivity index (χ1v) is 6.81. The normalized spacial score (nSPS) is 14.5. The van der Waals surface area contributed by atoms with Crippen LogP contribution in [0.3, 0.4) is 0 Å². The molecule has 0 spiro atoms. The van der Waals surface area contributed by atoms with Crippen LogP contribution >= 0.6 is 0 Å². The number of hydrogen-bond acceptors (Lipinski definition) is 4. The predicted molar refractivity (Wildman–Crippen MR) is 78.7 cm³/mol. The first kappa shape index (κ1) is 15.6. The average Bonchev–Trinajstić information content (AvgIpc) is 2.49. The van der Waals surface area contributed by atoms with Gasteiger partial charge in [-0.05, 0) is 18.6 Å². The minimum absolute atomic E-state index is 0.763. The van der Waals surface area contributed by atoms with E-state index in [1.807, 2.05) is 32.9 Å². The van der Waals surface area contributed by atoms with Gasteiger partial charge in [-0.3, -0.25) is 0 Å². The molecule has 1 aliphatic rings. The monoisotopic (exact) mass is 267 g/mol. The van der Waals surface area contributed by atoms with Gasteiger partial charge in [0.1, 0.15) is 11.5 Å². The van der Waals surface area contributed by atoms with Gasteiger partial charge in [-0.2, -0.15) is 0 Å². The molecule has 0 radical (unpaired) electrons. The van der Waals surface area contributed by atoms with Crippen LogP contribution in [0.4, 0.5) is 5.69 Å². The maximum absolute atomic E-state index is 5.44. The van der Waals surface area contributed by atoms with Crippen LogP contribution < -0.4 is 14.4 Å². The van der Waals surface area contributed by atoms with Gasteiger partial charge in [-0.15, -0.1) is 0 Å². The van der Waals surface area contributed by atoms with Gasteiger partial charge < -0.3 is 19.1 Å². The number of aryl methyl sites for hydroxylation is 1. The zero-order valence-electron chi connectivity index (χ0n) is 12.7. The summed E-state index contributed by atoms with van der Waals surface area (Å²) in [5.74, 6) is 1.79. The summed E-state index contributed by atoms with van der Waals surface area (Å²) >= 11 is 0. The number of rotatable bonds is 3. The van der Waals surface area contributed by atoms with E-state index >= 15 is 0 Å². The van der Waals surface area contributed by atoms with E-state index in [0.29, 0.717) is 0 Å². The van der Waals surface area contributed by atoms with Crippen molar-refractivity contribution in [3.8, 4) is 11.5 Å². The number of hydrogen-bond donors (Lipinski definition) is 0. The molecule has 1 aromatic carbocycles. The lowest BCUT2D eigenvalue weighted by Gasteiger charge is -2.30. The summed E-state index contributed by atoms with van der Waals surface area (Å²) in [5.41, 5.74) is 2.17. The van der Waals surface area contributed by atoms with Gasteiger partial charge in [0, 0.05) is 19.2 Å². The van der Waals surface area contributed by atoms with Crippen molar-refractivity contribution in [2.75, 3.05) is 45.4 Å². The Labute approximate surface area is 116 Å². The van der Waals surface area contributed by atoms with Crippen molar-refractivity contribution >= 4 is 5.69 Å².